The summed E-state index contributed by atoms with van der Waals surface area (Å²) in [6, 6.07) is 13.5. The van der Waals surface area contributed by atoms with Crippen molar-refractivity contribution in [2.75, 3.05) is 20.2 Å². The van der Waals surface area contributed by atoms with Crippen molar-refractivity contribution >= 4 is 15.7 Å². The van der Waals surface area contributed by atoms with E-state index in [1.54, 1.807) is 60.5 Å². The Morgan fingerprint density at radius 2 is 1.52 bits per heavy atom. The summed E-state index contributed by atoms with van der Waals surface area (Å²) >= 11 is 0. The number of carbonyl (C=O) groups is 1. The fourth-order valence-electron chi connectivity index (χ4n) is 3.46. The van der Waals surface area contributed by atoms with E-state index in [0.29, 0.717) is 42.1 Å². The number of nitrogens with zero attached hydrogens (tertiary/aromatic N) is 1. The van der Waals surface area contributed by atoms with Gasteiger partial charge in [-0.3, -0.25) is 4.79 Å². The maximum Gasteiger partial charge on any atom is 0.253 e. The molecule has 2 aromatic rings. The van der Waals surface area contributed by atoms with Crippen molar-refractivity contribution in [1.29, 1.82) is 0 Å². The third-order valence-electron chi connectivity index (χ3n) is 5.03. The van der Waals surface area contributed by atoms with Gasteiger partial charge in [0.2, 0.25) is 0 Å². The molecule has 0 unspecified atom stereocenters. The Morgan fingerprint density at radius 1 is 0.966 bits per heavy atom. The van der Waals surface area contributed by atoms with Crippen molar-refractivity contribution < 1.29 is 22.7 Å². The number of benzene rings is 2. The smallest absolute Gasteiger partial charge is 0.253 e. The number of amides is 1. The Bertz CT molecular complexity index is 928. The molecule has 156 valence electrons. The molecule has 7 heteroatoms. The number of likely N-dealkylation sites (tertiary alicyclic amines) is 1. The van der Waals surface area contributed by atoms with E-state index in [4.69, 9.17) is 9.47 Å². The fourth-order valence-corrected chi connectivity index (χ4v) is 5.19. The van der Waals surface area contributed by atoms with Crippen LogP contribution < -0.4 is 9.47 Å². The Morgan fingerprint density at radius 3 is 2.03 bits per heavy atom. The van der Waals surface area contributed by atoms with Crippen LogP contribution in [0.5, 0.6) is 11.5 Å². The van der Waals surface area contributed by atoms with Crippen molar-refractivity contribution in [3.05, 3.63) is 54.1 Å². The maximum atomic E-state index is 12.9. The average Bonchev–Trinajstić information content (AvgIpc) is 2.73. The SMILES string of the molecule is COc1ccc(S(=O)(=O)C2CCN(C(=O)c3ccc(OC(C)C)cc3)CC2)cc1. The molecule has 1 heterocycles. The van der Waals surface area contributed by atoms with Crippen LogP contribution in [-0.2, 0) is 9.84 Å². The van der Waals surface area contributed by atoms with Gasteiger partial charge >= 0.3 is 0 Å². The molecular formula is C22H27NO5S. The zero-order chi connectivity index (χ0) is 21.0. The first-order valence-electron chi connectivity index (χ1n) is 9.75. The van der Waals surface area contributed by atoms with Crippen LogP contribution >= 0.6 is 0 Å². The molecule has 0 aromatic heterocycles. The van der Waals surface area contributed by atoms with Crippen molar-refractivity contribution in [3.8, 4) is 11.5 Å². The first-order chi connectivity index (χ1) is 13.8. The first-order valence-corrected chi connectivity index (χ1v) is 11.3. The third-order valence-corrected chi connectivity index (χ3v) is 7.31. The minimum Gasteiger partial charge on any atom is -0.497 e. The van der Waals surface area contributed by atoms with E-state index in [1.165, 1.54) is 0 Å². The summed E-state index contributed by atoms with van der Waals surface area (Å²) in [5, 5.41) is -0.484. The molecule has 0 bridgehead atoms. The van der Waals surface area contributed by atoms with E-state index in [-0.39, 0.29) is 12.0 Å². The minimum absolute atomic E-state index is 0.0724. The van der Waals surface area contributed by atoms with E-state index in [2.05, 4.69) is 0 Å². The van der Waals surface area contributed by atoms with Crippen LogP contribution in [0.15, 0.2) is 53.4 Å². The minimum atomic E-state index is -3.43. The molecule has 29 heavy (non-hydrogen) atoms. The standard InChI is InChI=1S/C22H27NO5S/c1-16(2)28-19-6-4-17(5-7-19)22(24)23-14-12-21(13-15-23)29(25,26)20-10-8-18(27-3)9-11-20/h4-11,16,21H,12-15H2,1-3H3. The first kappa shape index (κ1) is 21.2. The van der Waals surface area contributed by atoms with Crippen LogP contribution in [0, 0.1) is 0 Å². The van der Waals surface area contributed by atoms with Gasteiger partial charge in [0.05, 0.1) is 23.4 Å². The molecule has 0 spiro atoms. The summed E-state index contributed by atoms with van der Waals surface area (Å²) in [6.45, 7) is 4.73. The molecule has 0 atom stereocenters. The molecule has 3 rings (SSSR count). The largest absolute Gasteiger partial charge is 0.497 e. The lowest BCUT2D eigenvalue weighted by atomic mass is 10.1. The number of sulfone groups is 1. The molecule has 0 N–H and O–H groups in total. The molecule has 1 amide bonds. The highest BCUT2D eigenvalue weighted by molar-refractivity contribution is 7.92. The van der Waals surface area contributed by atoms with Crippen LogP contribution in [0.25, 0.3) is 0 Å². The summed E-state index contributed by atoms with van der Waals surface area (Å²) in [5.41, 5.74) is 0.581. The molecular weight excluding hydrogens is 390 g/mol. The zero-order valence-corrected chi connectivity index (χ0v) is 17.8. The van der Waals surface area contributed by atoms with E-state index in [0.717, 1.165) is 5.75 Å². The van der Waals surface area contributed by atoms with Crippen molar-refractivity contribution in [1.82, 2.24) is 4.90 Å². The second-order valence-corrected chi connectivity index (χ2v) is 9.63. The number of carbonyl (C=O) groups excluding carboxylic acids is 1. The molecule has 1 aliphatic rings. The monoisotopic (exact) mass is 417 g/mol. The molecule has 0 radical (unpaired) electrons. The van der Waals surface area contributed by atoms with Gasteiger partial charge in [-0.05, 0) is 75.2 Å². The highest BCUT2D eigenvalue weighted by Gasteiger charge is 2.33. The number of methoxy groups -OCH3 is 1. The van der Waals surface area contributed by atoms with Gasteiger partial charge in [0, 0.05) is 18.7 Å². The lowest BCUT2D eigenvalue weighted by Gasteiger charge is -2.32. The third kappa shape index (κ3) is 4.90. The van der Waals surface area contributed by atoms with Crippen LogP contribution in [0.4, 0.5) is 0 Å². The second kappa shape index (κ2) is 8.86. The van der Waals surface area contributed by atoms with Gasteiger partial charge in [-0.1, -0.05) is 0 Å². The van der Waals surface area contributed by atoms with Crippen molar-refractivity contribution in [3.63, 3.8) is 0 Å². The molecule has 1 fully saturated rings. The second-order valence-electron chi connectivity index (χ2n) is 7.40. The van der Waals surface area contributed by atoms with Gasteiger partial charge in [0.15, 0.2) is 9.84 Å². The van der Waals surface area contributed by atoms with Gasteiger partial charge in [0.1, 0.15) is 11.5 Å². The van der Waals surface area contributed by atoms with Crippen LogP contribution in [0.3, 0.4) is 0 Å². The average molecular weight is 418 g/mol. The van der Waals surface area contributed by atoms with E-state index < -0.39 is 15.1 Å². The Hall–Kier alpha value is -2.54. The van der Waals surface area contributed by atoms with Gasteiger partial charge in [-0.2, -0.15) is 0 Å². The zero-order valence-electron chi connectivity index (χ0n) is 17.0. The molecule has 0 saturated carbocycles. The van der Waals surface area contributed by atoms with E-state index in [9.17, 15) is 13.2 Å². The molecule has 1 saturated heterocycles. The normalized spacial score (nSPS) is 15.4. The number of rotatable bonds is 6. The highest BCUT2D eigenvalue weighted by atomic mass is 32.2. The van der Waals surface area contributed by atoms with Gasteiger partial charge in [-0.25, -0.2) is 8.42 Å². The van der Waals surface area contributed by atoms with Gasteiger partial charge < -0.3 is 14.4 Å². The maximum absolute atomic E-state index is 12.9. The Kier molecular flexibility index (Phi) is 6.47. The Labute approximate surface area is 172 Å². The summed E-state index contributed by atoms with van der Waals surface area (Å²) in [5.74, 6) is 1.26. The topological polar surface area (TPSA) is 72.9 Å². The quantitative estimate of drug-likeness (QED) is 0.719. The number of hydrogen-bond acceptors (Lipinski definition) is 5. The molecule has 6 nitrogen and oxygen atoms in total. The van der Waals surface area contributed by atoms with Gasteiger partial charge in [-0.15, -0.1) is 0 Å². The van der Waals surface area contributed by atoms with Gasteiger partial charge in [0.25, 0.3) is 5.91 Å². The lowest BCUT2D eigenvalue weighted by molar-refractivity contribution is 0.0725. The van der Waals surface area contributed by atoms with Crippen LogP contribution in [-0.4, -0.2) is 50.8 Å². The lowest BCUT2D eigenvalue weighted by Crippen LogP contribution is -2.42. The number of ether oxygens (including phenoxy) is 2. The highest BCUT2D eigenvalue weighted by Crippen LogP contribution is 2.27. The summed E-state index contributed by atoms with van der Waals surface area (Å²) in [7, 11) is -1.89. The predicted octanol–water partition coefficient (Wildman–Crippen LogP) is 3.56. The van der Waals surface area contributed by atoms with Crippen LogP contribution in [0.2, 0.25) is 0 Å². The summed E-state index contributed by atoms with van der Waals surface area (Å²) in [6.07, 6.45) is 0.923. The number of hydrogen-bond donors (Lipinski definition) is 0. The molecule has 2 aromatic carbocycles. The van der Waals surface area contributed by atoms with E-state index in [1.807, 2.05) is 13.8 Å². The summed E-state index contributed by atoms with van der Waals surface area (Å²) in [4.78, 5) is 14.8. The van der Waals surface area contributed by atoms with E-state index >= 15 is 0 Å². The number of piperidine rings is 1. The molecule has 0 aliphatic carbocycles. The predicted molar refractivity (Wildman–Crippen MR) is 111 cm³/mol. The van der Waals surface area contributed by atoms with Crippen molar-refractivity contribution in [2.24, 2.45) is 0 Å². The van der Waals surface area contributed by atoms with Crippen molar-refractivity contribution in [2.45, 2.75) is 42.9 Å². The summed E-state index contributed by atoms with van der Waals surface area (Å²) < 4.78 is 36.5. The Balaban J connectivity index is 1.62. The fraction of sp³-hybridized carbons (Fsp3) is 0.409. The molecule has 1 aliphatic heterocycles. The van der Waals surface area contributed by atoms with Crippen LogP contribution in [0.1, 0.15) is 37.0 Å².